The quantitative estimate of drug-likeness (QED) is 0.751. The van der Waals surface area contributed by atoms with Crippen molar-refractivity contribution < 1.29 is 9.90 Å². The van der Waals surface area contributed by atoms with Gasteiger partial charge in [-0.1, -0.05) is 6.92 Å². The summed E-state index contributed by atoms with van der Waals surface area (Å²) in [5.74, 6) is 1.02. The topological polar surface area (TPSA) is 61.4 Å². The molecule has 3 N–H and O–H groups in total. The van der Waals surface area contributed by atoms with Gasteiger partial charge in [0.1, 0.15) is 0 Å². The van der Waals surface area contributed by atoms with E-state index in [4.69, 9.17) is 0 Å². The summed E-state index contributed by atoms with van der Waals surface area (Å²) in [4.78, 5) is 11.9. The zero-order chi connectivity index (χ0) is 14.4. The average Bonchev–Trinajstić information content (AvgIpc) is 3.00. The van der Waals surface area contributed by atoms with Crippen molar-refractivity contribution in [2.24, 2.45) is 11.8 Å². The molecular weight excluding hydrogens is 272 g/mol. The second kappa shape index (κ2) is 7.76. The first kappa shape index (κ1) is 15.5. The number of hydrogen-bond donors (Lipinski definition) is 3. The summed E-state index contributed by atoms with van der Waals surface area (Å²) >= 11 is 1.55. The zero-order valence-electron chi connectivity index (χ0n) is 12.0. The third-order valence-electron chi connectivity index (χ3n) is 4.07. The molecule has 1 aromatic rings. The van der Waals surface area contributed by atoms with E-state index in [2.05, 4.69) is 17.6 Å². The van der Waals surface area contributed by atoms with E-state index in [9.17, 15) is 9.90 Å². The molecule has 1 aromatic heterocycles. The van der Waals surface area contributed by atoms with Crippen molar-refractivity contribution in [3.8, 4) is 0 Å². The van der Waals surface area contributed by atoms with Crippen molar-refractivity contribution in [2.75, 3.05) is 19.6 Å². The van der Waals surface area contributed by atoms with Crippen LogP contribution in [0.5, 0.6) is 0 Å². The minimum Gasteiger partial charge on any atom is -0.387 e. The molecule has 20 heavy (non-hydrogen) atoms. The number of carbonyl (C=O) groups is 1. The molecule has 1 saturated heterocycles. The van der Waals surface area contributed by atoms with Crippen LogP contribution in [0.15, 0.2) is 16.8 Å². The van der Waals surface area contributed by atoms with Crippen molar-refractivity contribution in [2.45, 2.75) is 32.3 Å². The van der Waals surface area contributed by atoms with Gasteiger partial charge in [-0.25, -0.2) is 0 Å². The van der Waals surface area contributed by atoms with E-state index in [1.165, 1.54) is 12.8 Å². The van der Waals surface area contributed by atoms with Crippen LogP contribution in [0.25, 0.3) is 0 Å². The molecule has 2 heterocycles. The first-order valence-corrected chi connectivity index (χ1v) is 8.28. The summed E-state index contributed by atoms with van der Waals surface area (Å²) in [6, 6.07) is 1.89. The maximum atomic E-state index is 11.9. The van der Waals surface area contributed by atoms with Gasteiger partial charge in [0.05, 0.1) is 6.10 Å². The van der Waals surface area contributed by atoms with E-state index in [0.29, 0.717) is 24.8 Å². The summed E-state index contributed by atoms with van der Waals surface area (Å²) in [6.45, 7) is 4.56. The molecule has 1 aliphatic rings. The Bertz CT molecular complexity index is 402. The fourth-order valence-corrected chi connectivity index (χ4v) is 3.40. The van der Waals surface area contributed by atoms with Crippen LogP contribution in [-0.2, 0) is 4.79 Å². The number of aliphatic hydroxyl groups excluding tert-OH is 1. The second-order valence-electron chi connectivity index (χ2n) is 5.66. The Kier molecular flexibility index (Phi) is 6.01. The molecule has 2 rings (SSSR count). The first-order chi connectivity index (χ1) is 9.66. The molecule has 0 aromatic carbocycles. The van der Waals surface area contributed by atoms with Gasteiger partial charge in [0.2, 0.25) is 5.91 Å². The molecule has 0 spiro atoms. The minimum absolute atomic E-state index is 0.0392. The molecule has 0 radical (unpaired) electrons. The highest BCUT2D eigenvalue weighted by molar-refractivity contribution is 7.07. The standard InChI is InChI=1S/C15H24N2O2S/c1-11(12-3-2-5-16-8-12)7-15(19)17-9-14(18)13-4-6-20-10-13/h4,6,10-12,14,16,18H,2-3,5,7-9H2,1H3,(H,17,19). The molecule has 3 atom stereocenters. The van der Waals surface area contributed by atoms with E-state index >= 15 is 0 Å². The van der Waals surface area contributed by atoms with Crippen molar-refractivity contribution in [3.05, 3.63) is 22.4 Å². The van der Waals surface area contributed by atoms with Gasteiger partial charge in [-0.2, -0.15) is 11.3 Å². The van der Waals surface area contributed by atoms with Crippen LogP contribution in [0, 0.1) is 11.8 Å². The molecule has 5 heteroatoms. The number of amides is 1. The zero-order valence-corrected chi connectivity index (χ0v) is 12.8. The number of aliphatic hydroxyl groups is 1. The molecule has 0 bridgehead atoms. The fraction of sp³-hybridized carbons (Fsp3) is 0.667. The highest BCUT2D eigenvalue weighted by Gasteiger charge is 2.22. The Morgan fingerprint density at radius 3 is 3.15 bits per heavy atom. The summed E-state index contributed by atoms with van der Waals surface area (Å²) in [5, 5.41) is 20.0. The lowest BCUT2D eigenvalue weighted by Gasteiger charge is -2.28. The lowest BCUT2D eigenvalue weighted by atomic mass is 9.85. The lowest BCUT2D eigenvalue weighted by Crippen LogP contribution is -2.36. The van der Waals surface area contributed by atoms with Crippen molar-refractivity contribution in [3.63, 3.8) is 0 Å². The Balaban J connectivity index is 1.69. The van der Waals surface area contributed by atoms with Gasteiger partial charge in [-0.15, -0.1) is 0 Å². The number of carbonyl (C=O) groups excluding carboxylic acids is 1. The Hall–Kier alpha value is -0.910. The second-order valence-corrected chi connectivity index (χ2v) is 6.44. The summed E-state index contributed by atoms with van der Waals surface area (Å²) in [6.07, 6.45) is 2.35. The minimum atomic E-state index is -0.600. The largest absolute Gasteiger partial charge is 0.387 e. The Morgan fingerprint density at radius 1 is 1.65 bits per heavy atom. The summed E-state index contributed by atoms with van der Waals surface area (Å²) < 4.78 is 0. The Morgan fingerprint density at radius 2 is 2.50 bits per heavy atom. The van der Waals surface area contributed by atoms with Crippen LogP contribution in [0.3, 0.4) is 0 Å². The molecule has 3 unspecified atom stereocenters. The van der Waals surface area contributed by atoms with Gasteiger partial charge in [0, 0.05) is 13.0 Å². The molecule has 112 valence electrons. The monoisotopic (exact) mass is 296 g/mol. The predicted octanol–water partition coefficient (Wildman–Crippen LogP) is 1.92. The van der Waals surface area contributed by atoms with Crippen LogP contribution < -0.4 is 10.6 Å². The molecular formula is C15H24N2O2S. The van der Waals surface area contributed by atoms with Gasteiger partial charge in [-0.05, 0) is 60.2 Å². The maximum Gasteiger partial charge on any atom is 0.220 e. The van der Waals surface area contributed by atoms with Crippen molar-refractivity contribution in [1.29, 1.82) is 0 Å². The smallest absolute Gasteiger partial charge is 0.220 e. The number of piperidine rings is 1. The van der Waals surface area contributed by atoms with E-state index in [1.807, 2.05) is 16.8 Å². The maximum absolute atomic E-state index is 11.9. The number of thiophene rings is 1. The Labute approximate surface area is 124 Å². The van der Waals surface area contributed by atoms with Crippen LogP contribution >= 0.6 is 11.3 Å². The number of rotatable bonds is 6. The van der Waals surface area contributed by atoms with E-state index in [1.54, 1.807) is 11.3 Å². The number of nitrogens with one attached hydrogen (secondary N) is 2. The van der Waals surface area contributed by atoms with Crippen LogP contribution in [0.1, 0.15) is 37.9 Å². The molecule has 1 amide bonds. The van der Waals surface area contributed by atoms with E-state index in [-0.39, 0.29) is 5.91 Å². The average molecular weight is 296 g/mol. The molecule has 0 saturated carbocycles. The van der Waals surface area contributed by atoms with Crippen LogP contribution in [0.4, 0.5) is 0 Å². The summed E-state index contributed by atoms with van der Waals surface area (Å²) in [5.41, 5.74) is 0.875. The SMILES string of the molecule is CC(CC(=O)NCC(O)c1ccsc1)C1CCCNC1. The lowest BCUT2D eigenvalue weighted by molar-refractivity contribution is -0.122. The van der Waals surface area contributed by atoms with Gasteiger partial charge < -0.3 is 15.7 Å². The fourth-order valence-electron chi connectivity index (χ4n) is 2.69. The third kappa shape index (κ3) is 4.58. The molecule has 1 aliphatic heterocycles. The van der Waals surface area contributed by atoms with Gasteiger partial charge in [0.25, 0.3) is 0 Å². The third-order valence-corrected chi connectivity index (χ3v) is 4.77. The number of hydrogen-bond acceptors (Lipinski definition) is 4. The molecule has 4 nitrogen and oxygen atoms in total. The van der Waals surface area contributed by atoms with E-state index < -0.39 is 6.10 Å². The van der Waals surface area contributed by atoms with Crippen LogP contribution in [-0.4, -0.2) is 30.6 Å². The van der Waals surface area contributed by atoms with Crippen LogP contribution in [0.2, 0.25) is 0 Å². The normalized spacial score (nSPS) is 22.2. The van der Waals surface area contributed by atoms with Gasteiger partial charge in [0.15, 0.2) is 0 Å². The summed E-state index contributed by atoms with van der Waals surface area (Å²) in [7, 11) is 0. The predicted molar refractivity (Wildman–Crippen MR) is 81.7 cm³/mol. The van der Waals surface area contributed by atoms with Crippen molar-refractivity contribution in [1.82, 2.24) is 10.6 Å². The van der Waals surface area contributed by atoms with Crippen molar-refractivity contribution >= 4 is 17.2 Å². The highest BCUT2D eigenvalue weighted by atomic mass is 32.1. The highest BCUT2D eigenvalue weighted by Crippen LogP contribution is 2.22. The molecule has 1 fully saturated rings. The van der Waals surface area contributed by atoms with Gasteiger partial charge >= 0.3 is 0 Å². The first-order valence-electron chi connectivity index (χ1n) is 7.34. The molecule has 0 aliphatic carbocycles. The van der Waals surface area contributed by atoms with E-state index in [0.717, 1.165) is 18.7 Å². The van der Waals surface area contributed by atoms with Gasteiger partial charge in [-0.3, -0.25) is 4.79 Å².